The number of aromatic nitrogens is 2. The lowest BCUT2D eigenvalue weighted by atomic mass is 9.89. The summed E-state index contributed by atoms with van der Waals surface area (Å²) < 4.78 is 5.33. The zero-order valence-electron chi connectivity index (χ0n) is 12.3. The van der Waals surface area contributed by atoms with Gasteiger partial charge in [-0.05, 0) is 25.3 Å². The predicted molar refractivity (Wildman–Crippen MR) is 74.7 cm³/mol. The van der Waals surface area contributed by atoms with Crippen molar-refractivity contribution in [1.29, 1.82) is 0 Å². The average Bonchev–Trinajstić information content (AvgIpc) is 2.88. The molecule has 5 nitrogen and oxygen atoms in total. The van der Waals surface area contributed by atoms with Crippen molar-refractivity contribution in [3.63, 3.8) is 0 Å². The minimum atomic E-state index is 0.314. The third-order valence-electron chi connectivity index (χ3n) is 4.13. The number of hydrogen-bond acceptors (Lipinski definition) is 5. The second kappa shape index (κ2) is 6.48. The van der Waals surface area contributed by atoms with Crippen molar-refractivity contribution < 1.29 is 4.52 Å². The minimum Gasteiger partial charge on any atom is -0.338 e. The molecule has 0 radical (unpaired) electrons. The molecule has 2 rings (SSSR count). The van der Waals surface area contributed by atoms with E-state index >= 15 is 0 Å². The van der Waals surface area contributed by atoms with Gasteiger partial charge in [0.15, 0.2) is 5.82 Å². The van der Waals surface area contributed by atoms with Gasteiger partial charge >= 0.3 is 0 Å². The Morgan fingerprint density at radius 2 is 2.26 bits per heavy atom. The van der Waals surface area contributed by atoms with Crippen molar-refractivity contribution in [2.45, 2.75) is 58.5 Å². The largest absolute Gasteiger partial charge is 0.338 e. The molecule has 0 aromatic carbocycles. The molecular weight excluding hydrogens is 240 g/mol. The molecule has 0 saturated carbocycles. The number of piperidine rings is 1. The molecular formula is C14H26N4O. The molecule has 0 aliphatic carbocycles. The molecule has 19 heavy (non-hydrogen) atoms. The Morgan fingerprint density at radius 1 is 1.47 bits per heavy atom. The monoisotopic (exact) mass is 266 g/mol. The normalized spacial score (nSPS) is 25.1. The molecule has 0 bridgehead atoms. The van der Waals surface area contributed by atoms with E-state index < -0.39 is 0 Å². The number of likely N-dealkylation sites (tertiary alicyclic amines) is 1. The quantitative estimate of drug-likeness (QED) is 0.884. The Bertz CT molecular complexity index is 391. The molecule has 1 aromatic rings. The maximum absolute atomic E-state index is 5.91. The molecule has 1 aliphatic heterocycles. The first-order valence-corrected chi connectivity index (χ1v) is 7.40. The Balaban J connectivity index is 1.97. The van der Waals surface area contributed by atoms with E-state index in [-0.39, 0.29) is 0 Å². The first kappa shape index (κ1) is 14.5. The van der Waals surface area contributed by atoms with Crippen molar-refractivity contribution >= 4 is 0 Å². The molecule has 2 atom stereocenters. The summed E-state index contributed by atoms with van der Waals surface area (Å²) in [6.07, 6.45) is 3.69. The van der Waals surface area contributed by atoms with Crippen LogP contribution in [0.5, 0.6) is 0 Å². The first-order valence-electron chi connectivity index (χ1n) is 7.40. The van der Waals surface area contributed by atoms with Gasteiger partial charge in [-0.25, -0.2) is 0 Å². The van der Waals surface area contributed by atoms with E-state index in [0.29, 0.717) is 18.5 Å². The number of rotatable bonds is 5. The lowest BCUT2D eigenvalue weighted by Crippen LogP contribution is -2.46. The zero-order chi connectivity index (χ0) is 13.8. The van der Waals surface area contributed by atoms with Gasteiger partial charge in [-0.2, -0.15) is 4.98 Å². The van der Waals surface area contributed by atoms with Crippen LogP contribution in [-0.2, 0) is 6.54 Å². The van der Waals surface area contributed by atoms with E-state index in [9.17, 15) is 0 Å². The van der Waals surface area contributed by atoms with Crippen molar-refractivity contribution in [1.82, 2.24) is 15.0 Å². The highest BCUT2D eigenvalue weighted by Gasteiger charge is 2.27. The van der Waals surface area contributed by atoms with Crippen LogP contribution >= 0.6 is 0 Å². The third-order valence-corrected chi connectivity index (χ3v) is 4.13. The summed E-state index contributed by atoms with van der Waals surface area (Å²) in [6.45, 7) is 8.94. The van der Waals surface area contributed by atoms with Crippen molar-refractivity contribution in [2.75, 3.05) is 13.1 Å². The van der Waals surface area contributed by atoms with Gasteiger partial charge in [-0.15, -0.1) is 0 Å². The summed E-state index contributed by atoms with van der Waals surface area (Å²) in [5, 5.41) is 4.02. The van der Waals surface area contributed by atoms with Crippen molar-refractivity contribution in [3.05, 3.63) is 11.7 Å². The smallest absolute Gasteiger partial charge is 0.240 e. The second-order valence-corrected chi connectivity index (χ2v) is 5.86. The summed E-state index contributed by atoms with van der Waals surface area (Å²) in [4.78, 5) is 6.84. The highest BCUT2D eigenvalue weighted by molar-refractivity contribution is 4.93. The summed E-state index contributed by atoms with van der Waals surface area (Å²) in [7, 11) is 0. The molecule has 1 saturated heterocycles. The van der Waals surface area contributed by atoms with Gasteiger partial charge in [-0.1, -0.05) is 32.3 Å². The molecule has 2 heterocycles. The average molecular weight is 266 g/mol. The van der Waals surface area contributed by atoms with Crippen LogP contribution in [0.3, 0.4) is 0 Å². The lowest BCUT2D eigenvalue weighted by molar-refractivity contribution is 0.0953. The summed E-state index contributed by atoms with van der Waals surface area (Å²) in [6, 6.07) is 0.452. The number of nitrogens with two attached hydrogens (primary N) is 1. The number of nitrogens with zero attached hydrogens (tertiary/aromatic N) is 3. The van der Waals surface area contributed by atoms with E-state index in [0.717, 1.165) is 30.7 Å². The maximum Gasteiger partial charge on any atom is 0.240 e. The van der Waals surface area contributed by atoms with E-state index in [1.165, 1.54) is 19.3 Å². The Kier molecular flexibility index (Phi) is 4.93. The fraction of sp³-hybridized carbons (Fsp3) is 0.857. The highest BCUT2D eigenvalue weighted by Crippen LogP contribution is 2.26. The van der Waals surface area contributed by atoms with Crippen LogP contribution in [0.25, 0.3) is 0 Å². The second-order valence-electron chi connectivity index (χ2n) is 5.86. The molecule has 2 unspecified atom stereocenters. The Morgan fingerprint density at radius 3 is 2.84 bits per heavy atom. The van der Waals surface area contributed by atoms with Crippen LogP contribution in [0.4, 0.5) is 0 Å². The molecule has 5 heteroatoms. The van der Waals surface area contributed by atoms with E-state index in [2.05, 4.69) is 35.8 Å². The fourth-order valence-corrected chi connectivity index (χ4v) is 2.75. The van der Waals surface area contributed by atoms with Crippen LogP contribution in [0.2, 0.25) is 0 Å². The SMILES string of the molecule is CCC1CCN(Cc2nc(C(C)C)no2)C(CN)C1. The Hall–Kier alpha value is -0.940. The molecule has 108 valence electrons. The lowest BCUT2D eigenvalue weighted by Gasteiger charge is -2.37. The van der Waals surface area contributed by atoms with Crippen LogP contribution in [-0.4, -0.2) is 34.2 Å². The van der Waals surface area contributed by atoms with Gasteiger partial charge in [0, 0.05) is 18.5 Å². The van der Waals surface area contributed by atoms with Gasteiger partial charge < -0.3 is 10.3 Å². The molecule has 0 spiro atoms. The molecule has 1 aromatic heterocycles. The van der Waals surface area contributed by atoms with Crippen LogP contribution < -0.4 is 5.73 Å². The van der Waals surface area contributed by atoms with Crippen molar-refractivity contribution in [3.8, 4) is 0 Å². The van der Waals surface area contributed by atoms with E-state index in [1.54, 1.807) is 0 Å². The molecule has 2 N–H and O–H groups in total. The standard InChI is InChI=1S/C14H26N4O/c1-4-11-5-6-18(12(7-11)8-15)9-13-16-14(10(2)3)17-19-13/h10-12H,4-9,15H2,1-3H3. The van der Waals surface area contributed by atoms with Crippen molar-refractivity contribution in [2.24, 2.45) is 11.7 Å². The number of hydrogen-bond donors (Lipinski definition) is 1. The predicted octanol–water partition coefficient (Wildman–Crippen LogP) is 2.14. The van der Waals surface area contributed by atoms with Gasteiger partial charge in [0.2, 0.25) is 5.89 Å². The minimum absolute atomic E-state index is 0.314. The van der Waals surface area contributed by atoms with Crippen LogP contribution in [0.1, 0.15) is 57.7 Å². The van der Waals surface area contributed by atoms with Gasteiger partial charge in [-0.3, -0.25) is 4.90 Å². The van der Waals surface area contributed by atoms with Gasteiger partial charge in [0.05, 0.1) is 6.54 Å². The Labute approximate surface area is 115 Å². The van der Waals surface area contributed by atoms with Crippen LogP contribution in [0.15, 0.2) is 4.52 Å². The topological polar surface area (TPSA) is 68.2 Å². The molecule has 0 amide bonds. The summed E-state index contributed by atoms with van der Waals surface area (Å²) in [5.74, 6) is 2.65. The summed E-state index contributed by atoms with van der Waals surface area (Å²) in [5.41, 5.74) is 5.91. The summed E-state index contributed by atoms with van der Waals surface area (Å²) >= 11 is 0. The van der Waals surface area contributed by atoms with E-state index in [4.69, 9.17) is 10.3 Å². The first-order chi connectivity index (χ1) is 9.13. The molecule has 1 fully saturated rings. The van der Waals surface area contributed by atoms with Gasteiger partial charge in [0.25, 0.3) is 0 Å². The van der Waals surface area contributed by atoms with E-state index in [1.807, 2.05) is 0 Å². The van der Waals surface area contributed by atoms with Crippen LogP contribution in [0, 0.1) is 5.92 Å². The molecule has 1 aliphatic rings. The van der Waals surface area contributed by atoms with Gasteiger partial charge in [0.1, 0.15) is 0 Å². The third kappa shape index (κ3) is 3.54. The zero-order valence-corrected chi connectivity index (χ0v) is 12.3. The maximum atomic E-state index is 5.91. The fourth-order valence-electron chi connectivity index (χ4n) is 2.75. The highest BCUT2D eigenvalue weighted by atomic mass is 16.5.